The van der Waals surface area contributed by atoms with Crippen molar-refractivity contribution in [3.05, 3.63) is 0 Å². The highest BCUT2D eigenvalue weighted by molar-refractivity contribution is 7.99. The van der Waals surface area contributed by atoms with Crippen LogP contribution in [0, 0.1) is 5.41 Å². The van der Waals surface area contributed by atoms with E-state index in [1.807, 2.05) is 0 Å². The van der Waals surface area contributed by atoms with E-state index in [9.17, 15) is 18.0 Å². The van der Waals surface area contributed by atoms with Gasteiger partial charge >= 0.3 is 12.1 Å². The molecule has 0 N–H and O–H groups in total. The molecule has 1 aliphatic rings. The molecule has 6 heteroatoms. The Balaban J connectivity index is 2.08. The topological polar surface area (TPSA) is 26.3 Å². The summed E-state index contributed by atoms with van der Waals surface area (Å²) >= 11 is 1.51. The van der Waals surface area contributed by atoms with E-state index in [-0.39, 0.29) is 17.8 Å². The van der Waals surface area contributed by atoms with Crippen molar-refractivity contribution in [2.24, 2.45) is 5.41 Å². The number of hydrogen-bond donors (Lipinski definition) is 0. The van der Waals surface area contributed by atoms with Crippen LogP contribution in [0.1, 0.15) is 32.1 Å². The van der Waals surface area contributed by atoms with Gasteiger partial charge < -0.3 is 4.74 Å². The molecule has 2 nitrogen and oxygen atoms in total. The van der Waals surface area contributed by atoms with Crippen LogP contribution >= 0.6 is 11.8 Å². The minimum atomic E-state index is -4.05. The monoisotopic (exact) mass is 270 g/mol. The first-order valence-corrected chi connectivity index (χ1v) is 6.74. The number of halogens is 3. The molecule has 0 aromatic heterocycles. The highest BCUT2D eigenvalue weighted by Crippen LogP contribution is 2.51. The number of carbonyl (C=O) groups excluding carboxylic acids is 1. The summed E-state index contributed by atoms with van der Waals surface area (Å²) in [6, 6.07) is 0. The molecule has 1 saturated carbocycles. The highest BCUT2D eigenvalue weighted by atomic mass is 32.2. The Bertz CT molecular complexity index is 262. The number of esters is 1. The third-order valence-electron chi connectivity index (χ3n) is 2.86. The molecule has 0 heterocycles. The molecule has 0 amide bonds. The smallest absolute Gasteiger partial charge is 0.389 e. The number of ether oxygens (including phenoxy) is 1. The quantitative estimate of drug-likeness (QED) is 0.524. The van der Waals surface area contributed by atoms with Crippen molar-refractivity contribution >= 4 is 17.7 Å². The maximum absolute atomic E-state index is 11.9. The van der Waals surface area contributed by atoms with Gasteiger partial charge in [-0.25, -0.2) is 0 Å². The highest BCUT2D eigenvalue weighted by Gasteiger charge is 2.44. The molecule has 0 unspecified atom stereocenters. The molecular weight excluding hydrogens is 253 g/mol. The molecule has 1 rings (SSSR count). The summed E-state index contributed by atoms with van der Waals surface area (Å²) in [5.74, 6) is 1.04. The van der Waals surface area contributed by atoms with E-state index < -0.39 is 12.6 Å². The number of methoxy groups -OCH3 is 1. The third kappa shape index (κ3) is 6.19. The van der Waals surface area contributed by atoms with Gasteiger partial charge in [0, 0.05) is 6.42 Å². The standard InChI is InChI=1S/C11H17F3O2S/c1-16-9(15)7-10(4-5-10)8-17-6-2-3-11(12,13)14/h2-8H2,1H3. The Morgan fingerprint density at radius 1 is 1.41 bits per heavy atom. The average molecular weight is 270 g/mol. The van der Waals surface area contributed by atoms with Gasteiger partial charge in [0.1, 0.15) is 0 Å². The van der Waals surface area contributed by atoms with Crippen LogP contribution in [-0.4, -0.2) is 30.8 Å². The minimum Gasteiger partial charge on any atom is -0.469 e. The SMILES string of the molecule is COC(=O)CC1(CSCCCC(F)(F)F)CC1. The first kappa shape index (κ1) is 14.7. The van der Waals surface area contributed by atoms with Crippen LogP contribution in [0.3, 0.4) is 0 Å². The predicted octanol–water partition coefficient (Wildman–Crippen LogP) is 3.41. The molecule has 100 valence electrons. The van der Waals surface area contributed by atoms with Crippen LogP contribution in [0.5, 0.6) is 0 Å². The van der Waals surface area contributed by atoms with Gasteiger partial charge in [-0.1, -0.05) is 0 Å². The van der Waals surface area contributed by atoms with Crippen molar-refractivity contribution in [2.45, 2.75) is 38.3 Å². The number of hydrogen-bond acceptors (Lipinski definition) is 3. The van der Waals surface area contributed by atoms with Crippen LogP contribution in [0.25, 0.3) is 0 Å². The summed E-state index contributed by atoms with van der Waals surface area (Å²) in [7, 11) is 1.36. The van der Waals surface area contributed by atoms with Crippen molar-refractivity contribution in [3.8, 4) is 0 Å². The van der Waals surface area contributed by atoms with Crippen molar-refractivity contribution in [2.75, 3.05) is 18.6 Å². The van der Waals surface area contributed by atoms with Crippen LogP contribution in [0.4, 0.5) is 13.2 Å². The molecule has 0 bridgehead atoms. The second kappa shape index (κ2) is 5.98. The lowest BCUT2D eigenvalue weighted by molar-refractivity contribution is -0.141. The molecule has 1 fully saturated rings. The third-order valence-corrected chi connectivity index (χ3v) is 4.26. The number of thioether (sulfide) groups is 1. The zero-order valence-corrected chi connectivity index (χ0v) is 10.6. The Hall–Kier alpha value is -0.390. The maximum atomic E-state index is 11.9. The first-order chi connectivity index (χ1) is 7.87. The summed E-state index contributed by atoms with van der Waals surface area (Å²) in [5.41, 5.74) is 0.00991. The second-order valence-corrected chi connectivity index (χ2v) is 5.63. The van der Waals surface area contributed by atoms with Crippen molar-refractivity contribution in [3.63, 3.8) is 0 Å². The summed E-state index contributed by atoms with van der Waals surface area (Å²) < 4.78 is 40.2. The molecular formula is C11H17F3O2S. The largest absolute Gasteiger partial charge is 0.469 e. The van der Waals surface area contributed by atoms with Gasteiger partial charge in [0.25, 0.3) is 0 Å². The molecule has 0 saturated heterocycles. The van der Waals surface area contributed by atoms with Gasteiger partial charge in [-0.3, -0.25) is 4.79 Å². The molecule has 0 radical (unpaired) electrons. The summed E-state index contributed by atoms with van der Waals surface area (Å²) in [4.78, 5) is 11.1. The average Bonchev–Trinajstić information content (AvgIpc) is 2.96. The van der Waals surface area contributed by atoms with E-state index in [1.54, 1.807) is 0 Å². The van der Waals surface area contributed by atoms with E-state index in [4.69, 9.17) is 0 Å². The van der Waals surface area contributed by atoms with E-state index in [0.717, 1.165) is 18.6 Å². The summed E-state index contributed by atoms with van der Waals surface area (Å²) in [6.45, 7) is 0. The first-order valence-electron chi connectivity index (χ1n) is 5.58. The fourth-order valence-electron chi connectivity index (χ4n) is 1.59. The van der Waals surface area contributed by atoms with Gasteiger partial charge in [-0.05, 0) is 36.2 Å². The van der Waals surface area contributed by atoms with Crippen LogP contribution in [-0.2, 0) is 9.53 Å². The van der Waals surface area contributed by atoms with E-state index >= 15 is 0 Å². The Labute approximate surface area is 103 Å². The van der Waals surface area contributed by atoms with Crippen LogP contribution < -0.4 is 0 Å². The predicted molar refractivity (Wildman–Crippen MR) is 60.9 cm³/mol. The zero-order chi connectivity index (χ0) is 12.9. The molecule has 0 aromatic carbocycles. The molecule has 1 aliphatic carbocycles. The van der Waals surface area contributed by atoms with Gasteiger partial charge in [0.15, 0.2) is 0 Å². The Morgan fingerprint density at radius 2 is 2.06 bits per heavy atom. The van der Waals surface area contributed by atoms with Gasteiger partial charge in [0.05, 0.1) is 13.5 Å². The lowest BCUT2D eigenvalue weighted by Crippen LogP contribution is -2.13. The summed E-state index contributed by atoms with van der Waals surface area (Å²) in [6.07, 6.45) is -2.26. The molecule has 0 aliphatic heterocycles. The summed E-state index contributed by atoms with van der Waals surface area (Å²) in [5, 5.41) is 0. The normalized spacial score (nSPS) is 17.9. The number of rotatable bonds is 7. The molecule has 0 aromatic rings. The molecule has 17 heavy (non-hydrogen) atoms. The van der Waals surface area contributed by atoms with Gasteiger partial charge in [-0.15, -0.1) is 0 Å². The lowest BCUT2D eigenvalue weighted by atomic mass is 10.1. The second-order valence-electron chi connectivity index (χ2n) is 4.52. The Kier molecular flexibility index (Phi) is 5.16. The maximum Gasteiger partial charge on any atom is 0.389 e. The Morgan fingerprint density at radius 3 is 2.53 bits per heavy atom. The minimum absolute atomic E-state index is 0.00991. The fraction of sp³-hybridized carbons (Fsp3) is 0.909. The lowest BCUT2D eigenvalue weighted by Gasteiger charge is -2.13. The zero-order valence-electron chi connectivity index (χ0n) is 9.81. The van der Waals surface area contributed by atoms with E-state index in [0.29, 0.717) is 12.2 Å². The molecule has 0 atom stereocenters. The fourth-order valence-corrected chi connectivity index (χ4v) is 2.91. The van der Waals surface area contributed by atoms with Gasteiger partial charge in [-0.2, -0.15) is 24.9 Å². The van der Waals surface area contributed by atoms with Crippen LogP contribution in [0.15, 0.2) is 0 Å². The van der Waals surface area contributed by atoms with Crippen molar-refractivity contribution in [1.82, 2.24) is 0 Å². The van der Waals surface area contributed by atoms with E-state index in [1.165, 1.54) is 18.9 Å². The van der Waals surface area contributed by atoms with Crippen molar-refractivity contribution in [1.29, 1.82) is 0 Å². The van der Waals surface area contributed by atoms with E-state index in [2.05, 4.69) is 4.74 Å². The number of alkyl halides is 3. The number of carbonyl (C=O) groups is 1. The molecule has 0 spiro atoms. The van der Waals surface area contributed by atoms with Gasteiger partial charge in [0.2, 0.25) is 0 Å². The van der Waals surface area contributed by atoms with Crippen molar-refractivity contribution < 1.29 is 22.7 Å². The van der Waals surface area contributed by atoms with Crippen LogP contribution in [0.2, 0.25) is 0 Å².